The fraction of sp³-hybridized carbons (Fsp3) is 0.944. The molecule has 9 N–H and O–H groups in total. The highest BCUT2D eigenvalue weighted by Crippen LogP contribution is 2.15. The predicted octanol–water partition coefficient (Wildman–Crippen LogP) is 13.3. The lowest BCUT2D eigenvalue weighted by Crippen LogP contribution is -2.15. The first-order valence-electron chi connectivity index (χ1n) is 27.4. The van der Waals surface area contributed by atoms with Gasteiger partial charge < -0.3 is 46.0 Å². The number of unbranched alkanes of at least 4 members (excludes halogenated alkanes) is 36. The summed E-state index contributed by atoms with van der Waals surface area (Å²) in [5, 5.41) is 73.5. The van der Waals surface area contributed by atoms with Crippen molar-refractivity contribution < 1.29 is 60.3 Å². The van der Waals surface area contributed by atoms with Gasteiger partial charge in [-0.15, -0.1) is 0 Å². The minimum atomic E-state index is -0.954. The molecule has 0 aromatic carbocycles. The third-order valence-corrected chi connectivity index (χ3v) is 11.3. The van der Waals surface area contributed by atoms with E-state index in [0.717, 1.165) is 38.5 Å². The zero-order valence-corrected chi connectivity index (χ0v) is 43.4. The van der Waals surface area contributed by atoms with E-state index in [1.54, 1.807) is 0 Å². The summed E-state index contributed by atoms with van der Waals surface area (Å²) in [6.45, 7) is 5.32. The lowest BCUT2D eigenvalue weighted by atomic mass is 10.0. The van der Waals surface area contributed by atoms with Crippen LogP contribution in [-0.2, 0) is 14.4 Å². The van der Waals surface area contributed by atoms with Crippen molar-refractivity contribution in [3.63, 3.8) is 0 Å². The van der Waals surface area contributed by atoms with Gasteiger partial charge in [0.2, 0.25) is 0 Å². The molecule has 0 aromatic heterocycles. The van der Waals surface area contributed by atoms with Gasteiger partial charge in [0.15, 0.2) is 0 Å². The quantitative estimate of drug-likeness (QED) is 0.0259. The standard InChI is InChI=1S/3C16H32O2.2C3H8O3/c3*1-2-3-4-5-6-7-8-9-10-11-12-13-14-15-16(17)18;2*4-1-3(6)2-5/h3*2-15H2,1H3,(H,17,18);2*3-6H,1-2H2. The van der Waals surface area contributed by atoms with E-state index in [0.29, 0.717) is 19.3 Å². The smallest absolute Gasteiger partial charge is 0.303 e. The molecule has 12 nitrogen and oxygen atoms in total. The second-order valence-corrected chi connectivity index (χ2v) is 18.2. The average molecular weight is 953 g/mol. The van der Waals surface area contributed by atoms with Crippen LogP contribution in [0, 0.1) is 0 Å². The van der Waals surface area contributed by atoms with Crippen molar-refractivity contribution in [3.05, 3.63) is 0 Å². The van der Waals surface area contributed by atoms with Crippen LogP contribution in [0.4, 0.5) is 0 Å². The van der Waals surface area contributed by atoms with Gasteiger partial charge in [0, 0.05) is 19.3 Å². The van der Waals surface area contributed by atoms with Crippen molar-refractivity contribution in [3.8, 4) is 0 Å². The van der Waals surface area contributed by atoms with Gasteiger partial charge in [-0.2, -0.15) is 0 Å². The van der Waals surface area contributed by atoms with Gasteiger partial charge >= 0.3 is 17.9 Å². The Labute approximate surface area is 406 Å². The summed E-state index contributed by atoms with van der Waals surface area (Å²) in [6, 6.07) is 0. The number of aliphatic carboxylic acids is 3. The van der Waals surface area contributed by atoms with Crippen LogP contribution in [-0.4, -0.2) is 103 Å². The number of hydrogen-bond donors (Lipinski definition) is 9. The van der Waals surface area contributed by atoms with E-state index in [4.69, 9.17) is 46.0 Å². The molecule has 0 aliphatic heterocycles. The van der Waals surface area contributed by atoms with Crippen molar-refractivity contribution in [1.82, 2.24) is 0 Å². The predicted molar refractivity (Wildman–Crippen MR) is 274 cm³/mol. The van der Waals surface area contributed by atoms with Crippen LogP contribution < -0.4 is 0 Å². The molecule has 0 atom stereocenters. The summed E-state index contributed by atoms with van der Waals surface area (Å²) in [5.41, 5.74) is 0. The molecule has 0 saturated carbocycles. The van der Waals surface area contributed by atoms with Crippen molar-refractivity contribution in [2.24, 2.45) is 0 Å². The summed E-state index contributed by atoms with van der Waals surface area (Å²) >= 11 is 0. The van der Waals surface area contributed by atoms with Gasteiger partial charge in [0.1, 0.15) is 12.2 Å². The molecule has 0 radical (unpaired) electrons. The summed E-state index contributed by atoms with van der Waals surface area (Å²) < 4.78 is 0. The highest BCUT2D eigenvalue weighted by molar-refractivity contribution is 5.67. The van der Waals surface area contributed by atoms with Gasteiger partial charge in [-0.25, -0.2) is 0 Å². The molecule has 12 heteroatoms. The average Bonchev–Trinajstić information content (AvgIpc) is 3.31. The topological polar surface area (TPSA) is 233 Å². The first-order valence-corrected chi connectivity index (χ1v) is 27.4. The normalized spacial score (nSPS) is 10.6. The van der Waals surface area contributed by atoms with Crippen LogP contribution in [0.3, 0.4) is 0 Å². The Hall–Kier alpha value is -1.83. The summed E-state index contributed by atoms with van der Waals surface area (Å²) in [5.74, 6) is -1.96. The van der Waals surface area contributed by atoms with Crippen LogP contribution in [0.1, 0.15) is 290 Å². The Morgan fingerprint density at radius 3 is 0.470 bits per heavy atom. The Bertz CT molecular complexity index is 778. The Morgan fingerprint density at radius 2 is 0.379 bits per heavy atom. The molecule has 0 bridgehead atoms. The molecule has 0 rings (SSSR count). The zero-order valence-electron chi connectivity index (χ0n) is 43.4. The van der Waals surface area contributed by atoms with Gasteiger partial charge in [0.25, 0.3) is 0 Å². The van der Waals surface area contributed by atoms with Crippen molar-refractivity contribution >= 4 is 17.9 Å². The molecule has 0 unspecified atom stereocenters. The van der Waals surface area contributed by atoms with Crippen LogP contribution in [0.15, 0.2) is 0 Å². The molecule has 0 fully saturated rings. The van der Waals surface area contributed by atoms with E-state index in [1.807, 2.05) is 0 Å². The Kier molecular flexibility index (Phi) is 77.3. The van der Waals surface area contributed by atoms with Gasteiger partial charge in [0.05, 0.1) is 26.4 Å². The van der Waals surface area contributed by atoms with Crippen molar-refractivity contribution in [1.29, 1.82) is 0 Å². The lowest BCUT2D eigenvalue weighted by molar-refractivity contribution is -0.138. The zero-order chi connectivity index (χ0) is 50.4. The van der Waals surface area contributed by atoms with Crippen molar-refractivity contribution in [2.45, 2.75) is 303 Å². The molecule has 0 aliphatic carbocycles. The molecule has 0 saturated heterocycles. The fourth-order valence-corrected chi connectivity index (χ4v) is 7.00. The third kappa shape index (κ3) is 88.8. The number of rotatable bonds is 46. The fourth-order valence-electron chi connectivity index (χ4n) is 7.00. The molecule has 400 valence electrons. The first kappa shape index (κ1) is 73.1. The monoisotopic (exact) mass is 953 g/mol. The molecule has 66 heavy (non-hydrogen) atoms. The second kappa shape index (κ2) is 69.7. The van der Waals surface area contributed by atoms with Crippen LogP contribution in [0.25, 0.3) is 0 Å². The van der Waals surface area contributed by atoms with E-state index in [2.05, 4.69) is 20.8 Å². The number of carboxylic acids is 3. The third-order valence-electron chi connectivity index (χ3n) is 11.3. The maximum atomic E-state index is 10.3. The highest BCUT2D eigenvalue weighted by atomic mass is 16.4. The van der Waals surface area contributed by atoms with Crippen LogP contribution in [0.5, 0.6) is 0 Å². The maximum Gasteiger partial charge on any atom is 0.303 e. The summed E-state index contributed by atoms with van der Waals surface area (Å²) in [6.07, 6.45) is 49.9. The summed E-state index contributed by atoms with van der Waals surface area (Å²) in [4.78, 5) is 30.9. The minimum Gasteiger partial charge on any atom is -0.481 e. The number of aliphatic hydroxyl groups excluding tert-OH is 6. The maximum absolute atomic E-state index is 10.3. The van der Waals surface area contributed by atoms with Gasteiger partial charge in [-0.3, -0.25) is 14.4 Å². The molecule has 0 heterocycles. The first-order chi connectivity index (χ1) is 31.9. The largest absolute Gasteiger partial charge is 0.481 e. The van der Waals surface area contributed by atoms with Crippen LogP contribution in [0.2, 0.25) is 0 Å². The molecule has 0 aromatic rings. The Balaban J connectivity index is -0.000000250. The van der Waals surface area contributed by atoms with E-state index >= 15 is 0 Å². The lowest BCUT2D eigenvalue weighted by Gasteiger charge is -2.02. The van der Waals surface area contributed by atoms with Gasteiger partial charge in [-0.05, 0) is 19.3 Å². The number of aliphatic hydroxyl groups is 6. The number of carbonyl (C=O) groups is 3. The van der Waals surface area contributed by atoms with E-state index in [-0.39, 0.29) is 26.4 Å². The number of hydrogen-bond acceptors (Lipinski definition) is 9. The second-order valence-electron chi connectivity index (χ2n) is 18.2. The number of carboxylic acid groups (broad SMARTS) is 3. The van der Waals surface area contributed by atoms with E-state index in [1.165, 1.54) is 212 Å². The molecular weight excluding hydrogens is 841 g/mol. The molecule has 0 amide bonds. The van der Waals surface area contributed by atoms with E-state index in [9.17, 15) is 14.4 Å². The molecule has 0 aliphatic rings. The minimum absolute atomic E-state index is 0.345. The SMILES string of the molecule is CCCCCCCCCCCCCCCC(=O)O.CCCCCCCCCCCCCCCC(=O)O.CCCCCCCCCCCCCCCC(=O)O.OCC(O)CO.OCC(O)CO. The van der Waals surface area contributed by atoms with Crippen LogP contribution >= 0.6 is 0 Å². The molecular formula is C54H112O12. The van der Waals surface area contributed by atoms with Crippen molar-refractivity contribution in [2.75, 3.05) is 26.4 Å². The Morgan fingerprint density at radius 1 is 0.258 bits per heavy atom. The molecule has 0 spiro atoms. The van der Waals surface area contributed by atoms with Gasteiger partial charge in [-0.1, -0.05) is 252 Å². The summed E-state index contributed by atoms with van der Waals surface area (Å²) in [7, 11) is 0. The van der Waals surface area contributed by atoms with E-state index < -0.39 is 30.1 Å². The highest BCUT2D eigenvalue weighted by Gasteiger charge is 2.00.